The Morgan fingerprint density at radius 1 is 1.33 bits per heavy atom. The molecule has 0 amide bonds. The SMILES string of the molecule is CCCC1CCC2(CC1)OCCC2C#N. The van der Waals surface area contributed by atoms with E-state index in [0.717, 1.165) is 31.8 Å². The number of nitriles is 1. The summed E-state index contributed by atoms with van der Waals surface area (Å²) in [5, 5.41) is 9.12. The van der Waals surface area contributed by atoms with Crippen LogP contribution >= 0.6 is 0 Å². The van der Waals surface area contributed by atoms with Crippen LogP contribution in [0, 0.1) is 23.2 Å². The first-order chi connectivity index (χ1) is 7.30. The maximum absolute atomic E-state index is 9.12. The van der Waals surface area contributed by atoms with Crippen molar-refractivity contribution in [3.05, 3.63) is 0 Å². The molecule has 0 radical (unpaired) electrons. The fraction of sp³-hybridized carbons (Fsp3) is 0.923. The molecular weight excluding hydrogens is 186 g/mol. The average molecular weight is 207 g/mol. The van der Waals surface area contributed by atoms with Crippen molar-refractivity contribution in [3.8, 4) is 6.07 Å². The predicted molar refractivity (Wildman–Crippen MR) is 59.3 cm³/mol. The summed E-state index contributed by atoms with van der Waals surface area (Å²) in [4.78, 5) is 0. The second-order valence-corrected chi connectivity index (χ2v) is 5.12. The van der Waals surface area contributed by atoms with Gasteiger partial charge in [0.1, 0.15) is 0 Å². The van der Waals surface area contributed by atoms with E-state index in [-0.39, 0.29) is 11.5 Å². The smallest absolute Gasteiger partial charge is 0.0841 e. The molecule has 84 valence electrons. The van der Waals surface area contributed by atoms with E-state index in [2.05, 4.69) is 13.0 Å². The van der Waals surface area contributed by atoms with Crippen LogP contribution in [0.15, 0.2) is 0 Å². The zero-order chi connectivity index (χ0) is 10.7. The van der Waals surface area contributed by atoms with E-state index in [1.807, 2.05) is 0 Å². The van der Waals surface area contributed by atoms with Crippen molar-refractivity contribution in [1.29, 1.82) is 5.26 Å². The van der Waals surface area contributed by atoms with Crippen molar-refractivity contribution in [2.75, 3.05) is 6.61 Å². The molecule has 2 fully saturated rings. The molecule has 1 unspecified atom stereocenters. The lowest BCUT2D eigenvalue weighted by molar-refractivity contribution is -0.0494. The van der Waals surface area contributed by atoms with Crippen molar-refractivity contribution < 1.29 is 4.74 Å². The Morgan fingerprint density at radius 3 is 2.67 bits per heavy atom. The van der Waals surface area contributed by atoms with Crippen molar-refractivity contribution in [3.63, 3.8) is 0 Å². The minimum Gasteiger partial charge on any atom is -0.374 e. The Morgan fingerprint density at radius 2 is 2.07 bits per heavy atom. The van der Waals surface area contributed by atoms with Crippen LogP contribution in [0.1, 0.15) is 51.9 Å². The molecule has 0 aromatic rings. The highest BCUT2D eigenvalue weighted by atomic mass is 16.5. The lowest BCUT2D eigenvalue weighted by Gasteiger charge is -2.38. The first-order valence-electron chi connectivity index (χ1n) is 6.34. The van der Waals surface area contributed by atoms with Crippen molar-refractivity contribution in [2.24, 2.45) is 11.8 Å². The molecule has 1 atom stereocenters. The van der Waals surface area contributed by atoms with Gasteiger partial charge in [-0.05, 0) is 38.0 Å². The third kappa shape index (κ3) is 2.03. The largest absolute Gasteiger partial charge is 0.374 e. The van der Waals surface area contributed by atoms with Crippen LogP contribution in [0.5, 0.6) is 0 Å². The molecule has 1 aliphatic heterocycles. The third-order valence-corrected chi connectivity index (χ3v) is 4.24. The van der Waals surface area contributed by atoms with Gasteiger partial charge in [0.15, 0.2) is 0 Å². The van der Waals surface area contributed by atoms with Gasteiger partial charge in [-0.1, -0.05) is 19.8 Å². The number of nitrogens with zero attached hydrogens (tertiary/aromatic N) is 1. The van der Waals surface area contributed by atoms with Gasteiger partial charge in [0.2, 0.25) is 0 Å². The molecule has 2 nitrogen and oxygen atoms in total. The summed E-state index contributed by atoms with van der Waals surface area (Å²) in [5.74, 6) is 1.06. The highest BCUT2D eigenvalue weighted by Gasteiger charge is 2.46. The fourth-order valence-electron chi connectivity index (χ4n) is 3.28. The summed E-state index contributed by atoms with van der Waals surface area (Å²) in [6.45, 7) is 3.06. The van der Waals surface area contributed by atoms with Gasteiger partial charge in [0.25, 0.3) is 0 Å². The summed E-state index contributed by atoms with van der Waals surface area (Å²) < 4.78 is 5.89. The van der Waals surface area contributed by atoms with E-state index in [1.165, 1.54) is 25.7 Å². The monoisotopic (exact) mass is 207 g/mol. The van der Waals surface area contributed by atoms with E-state index >= 15 is 0 Å². The third-order valence-electron chi connectivity index (χ3n) is 4.24. The van der Waals surface area contributed by atoms with Crippen LogP contribution < -0.4 is 0 Å². The first-order valence-corrected chi connectivity index (χ1v) is 6.34. The molecule has 1 spiro atoms. The van der Waals surface area contributed by atoms with E-state index in [4.69, 9.17) is 10.00 Å². The molecule has 1 aliphatic carbocycles. The summed E-state index contributed by atoms with van der Waals surface area (Å²) >= 11 is 0. The maximum Gasteiger partial charge on any atom is 0.0841 e. The number of ether oxygens (including phenoxy) is 1. The Labute approximate surface area is 92.6 Å². The van der Waals surface area contributed by atoms with E-state index < -0.39 is 0 Å². The number of hydrogen-bond acceptors (Lipinski definition) is 2. The van der Waals surface area contributed by atoms with E-state index in [1.54, 1.807) is 0 Å². The van der Waals surface area contributed by atoms with E-state index in [0.29, 0.717) is 0 Å². The average Bonchev–Trinajstić information content (AvgIpc) is 2.65. The number of hydrogen-bond donors (Lipinski definition) is 0. The molecular formula is C13H21NO. The van der Waals surface area contributed by atoms with Crippen molar-refractivity contribution >= 4 is 0 Å². The molecule has 1 saturated heterocycles. The second kappa shape index (κ2) is 4.53. The molecule has 0 aromatic carbocycles. The summed E-state index contributed by atoms with van der Waals surface area (Å²) in [7, 11) is 0. The van der Waals surface area contributed by atoms with Crippen LogP contribution in [0.2, 0.25) is 0 Å². The van der Waals surface area contributed by atoms with Gasteiger partial charge in [-0.15, -0.1) is 0 Å². The van der Waals surface area contributed by atoms with Gasteiger partial charge < -0.3 is 4.74 Å². The molecule has 0 bridgehead atoms. The maximum atomic E-state index is 9.12. The van der Waals surface area contributed by atoms with Crippen molar-refractivity contribution in [1.82, 2.24) is 0 Å². The van der Waals surface area contributed by atoms with Crippen LogP contribution in [0.4, 0.5) is 0 Å². The standard InChI is InChI=1S/C13H21NO/c1-2-3-11-4-7-13(8-5-11)12(10-14)6-9-15-13/h11-12H,2-9H2,1H3. The topological polar surface area (TPSA) is 33.0 Å². The lowest BCUT2D eigenvalue weighted by Crippen LogP contribution is -2.39. The van der Waals surface area contributed by atoms with Gasteiger partial charge in [0, 0.05) is 6.61 Å². The molecule has 0 aromatic heterocycles. The zero-order valence-corrected chi connectivity index (χ0v) is 9.67. The summed E-state index contributed by atoms with van der Waals surface area (Å²) in [6, 6.07) is 2.45. The lowest BCUT2D eigenvalue weighted by atomic mass is 9.72. The molecule has 1 saturated carbocycles. The molecule has 0 N–H and O–H groups in total. The van der Waals surface area contributed by atoms with Crippen LogP contribution in [-0.2, 0) is 4.74 Å². The minimum absolute atomic E-state index is 0.0427. The predicted octanol–water partition coefficient (Wildman–Crippen LogP) is 3.28. The Bertz CT molecular complexity index is 248. The Kier molecular flexibility index (Phi) is 3.31. The van der Waals surface area contributed by atoms with Crippen molar-refractivity contribution in [2.45, 2.75) is 57.5 Å². The van der Waals surface area contributed by atoms with Gasteiger partial charge in [0.05, 0.1) is 17.6 Å². The normalized spacial score (nSPS) is 40.5. The van der Waals surface area contributed by atoms with Crippen LogP contribution in [0.3, 0.4) is 0 Å². The summed E-state index contributed by atoms with van der Waals surface area (Å²) in [5.41, 5.74) is -0.0427. The minimum atomic E-state index is -0.0427. The fourth-order valence-corrected chi connectivity index (χ4v) is 3.28. The molecule has 2 heteroatoms. The van der Waals surface area contributed by atoms with E-state index in [9.17, 15) is 0 Å². The van der Waals surface area contributed by atoms with Gasteiger partial charge in [-0.25, -0.2) is 0 Å². The molecule has 2 rings (SSSR count). The molecule has 1 heterocycles. The Balaban J connectivity index is 1.94. The Hall–Kier alpha value is -0.550. The summed E-state index contributed by atoms with van der Waals surface area (Å²) in [6.07, 6.45) is 8.38. The van der Waals surface area contributed by atoms with Crippen LogP contribution in [-0.4, -0.2) is 12.2 Å². The van der Waals surface area contributed by atoms with Gasteiger partial charge >= 0.3 is 0 Å². The quantitative estimate of drug-likeness (QED) is 0.696. The van der Waals surface area contributed by atoms with Gasteiger partial charge in [-0.3, -0.25) is 0 Å². The first kappa shape index (κ1) is 11.0. The van der Waals surface area contributed by atoms with Gasteiger partial charge in [-0.2, -0.15) is 5.26 Å². The highest BCUT2D eigenvalue weighted by molar-refractivity contribution is 5.05. The van der Waals surface area contributed by atoms with Crippen LogP contribution in [0.25, 0.3) is 0 Å². The highest BCUT2D eigenvalue weighted by Crippen LogP contribution is 2.45. The second-order valence-electron chi connectivity index (χ2n) is 5.12. The number of rotatable bonds is 2. The molecule has 2 aliphatic rings. The molecule has 15 heavy (non-hydrogen) atoms. The zero-order valence-electron chi connectivity index (χ0n) is 9.67.